The van der Waals surface area contributed by atoms with Gasteiger partial charge < -0.3 is 9.84 Å². The number of esters is 1. The standard InChI is InChI=1S/C16H14N2O3/c1-2-21-16(20)11-3-8-14-15(9-11)18(10-17-14)12-4-6-13(19)7-5-12/h3-10,19H,2H2,1H3. The molecule has 106 valence electrons. The number of imidazole rings is 1. The summed E-state index contributed by atoms with van der Waals surface area (Å²) in [4.78, 5) is 16.1. The van der Waals surface area contributed by atoms with Crippen molar-refractivity contribution < 1.29 is 14.6 Å². The molecule has 1 heterocycles. The van der Waals surface area contributed by atoms with Crippen LogP contribution in [0.1, 0.15) is 17.3 Å². The third kappa shape index (κ3) is 2.45. The maximum absolute atomic E-state index is 11.8. The zero-order valence-electron chi connectivity index (χ0n) is 11.5. The normalized spacial score (nSPS) is 10.7. The Hall–Kier alpha value is -2.82. The highest BCUT2D eigenvalue weighted by Gasteiger charge is 2.11. The number of phenols is 1. The number of benzene rings is 2. The Morgan fingerprint density at radius 2 is 2.00 bits per heavy atom. The Kier molecular flexibility index (Phi) is 3.31. The van der Waals surface area contributed by atoms with Gasteiger partial charge in [0.25, 0.3) is 0 Å². The highest BCUT2D eigenvalue weighted by atomic mass is 16.5. The molecule has 0 radical (unpaired) electrons. The Labute approximate surface area is 121 Å². The molecule has 3 aromatic rings. The lowest BCUT2D eigenvalue weighted by molar-refractivity contribution is 0.0526. The van der Waals surface area contributed by atoms with Crippen molar-refractivity contribution in [3.05, 3.63) is 54.4 Å². The summed E-state index contributed by atoms with van der Waals surface area (Å²) in [6, 6.07) is 12.0. The van der Waals surface area contributed by atoms with Crippen LogP contribution in [-0.4, -0.2) is 27.2 Å². The number of rotatable bonds is 3. The number of hydrogen-bond acceptors (Lipinski definition) is 4. The van der Waals surface area contributed by atoms with Crippen LogP contribution in [0.25, 0.3) is 16.7 Å². The van der Waals surface area contributed by atoms with Crippen LogP contribution in [0.5, 0.6) is 5.75 Å². The molecule has 0 atom stereocenters. The Balaban J connectivity index is 2.09. The molecule has 0 amide bonds. The number of aromatic nitrogens is 2. The number of fused-ring (bicyclic) bond motifs is 1. The molecule has 0 fully saturated rings. The number of ether oxygens (including phenoxy) is 1. The van der Waals surface area contributed by atoms with Crippen LogP contribution in [0.4, 0.5) is 0 Å². The second kappa shape index (κ2) is 5.28. The van der Waals surface area contributed by atoms with Crippen LogP contribution in [0.2, 0.25) is 0 Å². The van der Waals surface area contributed by atoms with E-state index in [1.807, 2.05) is 4.57 Å². The van der Waals surface area contributed by atoms with Gasteiger partial charge in [-0.25, -0.2) is 9.78 Å². The first kappa shape index (κ1) is 13.2. The predicted octanol–water partition coefficient (Wildman–Crippen LogP) is 2.91. The van der Waals surface area contributed by atoms with Crippen LogP contribution < -0.4 is 0 Å². The van der Waals surface area contributed by atoms with Crippen molar-refractivity contribution in [3.63, 3.8) is 0 Å². The van der Waals surface area contributed by atoms with E-state index in [-0.39, 0.29) is 11.7 Å². The molecule has 1 N–H and O–H groups in total. The largest absolute Gasteiger partial charge is 0.508 e. The molecule has 0 saturated carbocycles. The lowest BCUT2D eigenvalue weighted by Crippen LogP contribution is -2.04. The third-order valence-corrected chi connectivity index (χ3v) is 3.19. The summed E-state index contributed by atoms with van der Waals surface area (Å²) in [6.45, 7) is 2.12. The molecule has 0 saturated heterocycles. The minimum absolute atomic E-state index is 0.204. The maximum Gasteiger partial charge on any atom is 0.338 e. The van der Waals surface area contributed by atoms with Crippen LogP contribution in [0, 0.1) is 0 Å². The SMILES string of the molecule is CCOC(=O)c1ccc2ncn(-c3ccc(O)cc3)c2c1. The van der Waals surface area contributed by atoms with E-state index in [4.69, 9.17) is 4.74 Å². The third-order valence-electron chi connectivity index (χ3n) is 3.19. The van der Waals surface area contributed by atoms with Crippen molar-refractivity contribution >= 4 is 17.0 Å². The number of carbonyl (C=O) groups excluding carboxylic acids is 1. The van der Waals surface area contributed by atoms with E-state index < -0.39 is 0 Å². The fourth-order valence-corrected chi connectivity index (χ4v) is 2.17. The summed E-state index contributed by atoms with van der Waals surface area (Å²) in [6.07, 6.45) is 1.69. The van der Waals surface area contributed by atoms with Gasteiger partial charge in [-0.05, 0) is 49.4 Å². The van der Waals surface area contributed by atoms with Gasteiger partial charge in [-0.15, -0.1) is 0 Å². The quantitative estimate of drug-likeness (QED) is 0.750. The van der Waals surface area contributed by atoms with Crippen LogP contribution in [-0.2, 0) is 4.74 Å². The minimum Gasteiger partial charge on any atom is -0.508 e. The summed E-state index contributed by atoms with van der Waals surface area (Å²) in [5.74, 6) is -0.145. The molecule has 0 aliphatic rings. The van der Waals surface area contributed by atoms with Gasteiger partial charge >= 0.3 is 5.97 Å². The number of phenolic OH excluding ortho intramolecular Hbond substituents is 1. The number of nitrogens with zero attached hydrogens (tertiary/aromatic N) is 2. The summed E-state index contributed by atoms with van der Waals surface area (Å²) in [5, 5.41) is 9.36. The van der Waals surface area contributed by atoms with Gasteiger partial charge in [-0.2, -0.15) is 0 Å². The summed E-state index contributed by atoms with van der Waals surface area (Å²) < 4.78 is 6.87. The summed E-state index contributed by atoms with van der Waals surface area (Å²) in [5.41, 5.74) is 2.95. The summed E-state index contributed by atoms with van der Waals surface area (Å²) >= 11 is 0. The lowest BCUT2D eigenvalue weighted by Gasteiger charge is -2.06. The van der Waals surface area contributed by atoms with E-state index in [1.165, 1.54) is 0 Å². The van der Waals surface area contributed by atoms with Gasteiger partial charge in [0.1, 0.15) is 12.1 Å². The van der Waals surface area contributed by atoms with Crippen molar-refractivity contribution in [3.8, 4) is 11.4 Å². The highest BCUT2D eigenvalue weighted by molar-refractivity contribution is 5.94. The molecule has 3 rings (SSSR count). The van der Waals surface area contributed by atoms with Crippen molar-refractivity contribution in [2.45, 2.75) is 6.92 Å². The van der Waals surface area contributed by atoms with E-state index >= 15 is 0 Å². The highest BCUT2D eigenvalue weighted by Crippen LogP contribution is 2.21. The van der Waals surface area contributed by atoms with Gasteiger partial charge in [0.15, 0.2) is 0 Å². The van der Waals surface area contributed by atoms with Crippen molar-refractivity contribution in [1.82, 2.24) is 9.55 Å². The van der Waals surface area contributed by atoms with E-state index in [9.17, 15) is 9.90 Å². The monoisotopic (exact) mass is 282 g/mol. The molecule has 21 heavy (non-hydrogen) atoms. The first-order valence-electron chi connectivity index (χ1n) is 6.62. The molecule has 0 unspecified atom stereocenters. The first-order chi connectivity index (χ1) is 10.2. The Morgan fingerprint density at radius 3 is 2.71 bits per heavy atom. The maximum atomic E-state index is 11.8. The number of carbonyl (C=O) groups is 1. The van der Waals surface area contributed by atoms with E-state index in [1.54, 1.807) is 55.7 Å². The second-order valence-corrected chi connectivity index (χ2v) is 4.55. The lowest BCUT2D eigenvalue weighted by atomic mass is 10.2. The molecule has 2 aromatic carbocycles. The molecule has 5 heteroatoms. The molecule has 1 aromatic heterocycles. The fraction of sp³-hybridized carbons (Fsp3) is 0.125. The van der Waals surface area contributed by atoms with Crippen LogP contribution in [0.15, 0.2) is 48.8 Å². The van der Waals surface area contributed by atoms with Gasteiger partial charge in [-0.3, -0.25) is 4.57 Å². The van der Waals surface area contributed by atoms with E-state index in [0.29, 0.717) is 12.2 Å². The van der Waals surface area contributed by atoms with Gasteiger partial charge in [0.2, 0.25) is 0 Å². The molecule has 0 spiro atoms. The van der Waals surface area contributed by atoms with Crippen molar-refractivity contribution in [2.75, 3.05) is 6.61 Å². The van der Waals surface area contributed by atoms with Crippen molar-refractivity contribution in [2.24, 2.45) is 0 Å². The molecular formula is C16H14N2O3. The van der Waals surface area contributed by atoms with Crippen molar-refractivity contribution in [1.29, 1.82) is 0 Å². The zero-order valence-corrected chi connectivity index (χ0v) is 11.5. The number of hydrogen-bond donors (Lipinski definition) is 1. The average molecular weight is 282 g/mol. The molecule has 0 aliphatic carbocycles. The topological polar surface area (TPSA) is 64.3 Å². The molecule has 5 nitrogen and oxygen atoms in total. The second-order valence-electron chi connectivity index (χ2n) is 4.55. The smallest absolute Gasteiger partial charge is 0.338 e. The molecular weight excluding hydrogens is 268 g/mol. The van der Waals surface area contributed by atoms with Gasteiger partial charge in [-0.1, -0.05) is 0 Å². The zero-order chi connectivity index (χ0) is 14.8. The van der Waals surface area contributed by atoms with Crippen LogP contribution >= 0.6 is 0 Å². The Bertz CT molecular complexity index is 791. The minimum atomic E-state index is -0.349. The fourth-order valence-electron chi connectivity index (χ4n) is 2.17. The van der Waals surface area contributed by atoms with Gasteiger partial charge in [0.05, 0.1) is 23.2 Å². The first-order valence-corrected chi connectivity index (χ1v) is 6.62. The predicted molar refractivity (Wildman–Crippen MR) is 78.7 cm³/mol. The average Bonchev–Trinajstić information content (AvgIpc) is 2.91. The number of aromatic hydroxyl groups is 1. The summed E-state index contributed by atoms with van der Waals surface area (Å²) in [7, 11) is 0. The van der Waals surface area contributed by atoms with E-state index in [2.05, 4.69) is 4.98 Å². The molecule has 0 aliphatic heterocycles. The molecule has 0 bridgehead atoms. The Morgan fingerprint density at radius 1 is 1.24 bits per heavy atom. The van der Waals surface area contributed by atoms with Gasteiger partial charge in [0, 0.05) is 5.69 Å². The van der Waals surface area contributed by atoms with E-state index in [0.717, 1.165) is 16.7 Å². The van der Waals surface area contributed by atoms with Crippen LogP contribution in [0.3, 0.4) is 0 Å².